The molecule has 3 nitrogen and oxygen atoms in total. The Bertz CT molecular complexity index is 599. The van der Waals surface area contributed by atoms with Gasteiger partial charge in [0, 0.05) is 28.8 Å². The highest BCUT2D eigenvalue weighted by atomic mass is 79.9. The summed E-state index contributed by atoms with van der Waals surface area (Å²) in [5.41, 5.74) is 8.06. The molecule has 0 saturated heterocycles. The normalized spacial score (nSPS) is 25.3. The third kappa shape index (κ3) is 2.31. The minimum Gasteiger partial charge on any atom is -0.385 e. The lowest BCUT2D eigenvalue weighted by atomic mass is 9.90. The van der Waals surface area contributed by atoms with Gasteiger partial charge in [-0.3, -0.25) is 4.98 Å². The summed E-state index contributed by atoms with van der Waals surface area (Å²) in [5.74, 6) is 0. The van der Waals surface area contributed by atoms with Crippen LogP contribution in [0.4, 0.5) is 0 Å². The third-order valence-electron chi connectivity index (χ3n) is 3.68. The Kier molecular flexibility index (Phi) is 3.17. The molecule has 1 aromatic carbocycles. The Morgan fingerprint density at radius 2 is 2.11 bits per heavy atom. The van der Waals surface area contributed by atoms with Crippen LogP contribution >= 0.6 is 15.9 Å². The molecule has 98 valence electrons. The highest BCUT2D eigenvalue weighted by Crippen LogP contribution is 2.43. The zero-order chi connectivity index (χ0) is 13.5. The van der Waals surface area contributed by atoms with Gasteiger partial charge in [0.05, 0.1) is 5.60 Å². The second kappa shape index (κ2) is 4.71. The van der Waals surface area contributed by atoms with Gasteiger partial charge in [0.15, 0.2) is 0 Å². The van der Waals surface area contributed by atoms with E-state index in [0.717, 1.165) is 21.3 Å². The number of aliphatic hydroxyl groups is 1. The molecule has 1 aromatic heterocycles. The van der Waals surface area contributed by atoms with Crippen LogP contribution in [0.1, 0.15) is 29.3 Å². The highest BCUT2D eigenvalue weighted by Gasteiger charge is 2.40. The monoisotopic (exact) mass is 318 g/mol. The van der Waals surface area contributed by atoms with Crippen LogP contribution < -0.4 is 5.73 Å². The van der Waals surface area contributed by atoms with Gasteiger partial charge in [-0.25, -0.2) is 0 Å². The second-order valence-electron chi connectivity index (χ2n) is 5.07. The Morgan fingerprint density at radius 3 is 2.84 bits per heavy atom. The summed E-state index contributed by atoms with van der Waals surface area (Å²) in [6, 6.07) is 11.6. The lowest BCUT2D eigenvalue weighted by molar-refractivity contribution is 0.0332. The van der Waals surface area contributed by atoms with Gasteiger partial charge < -0.3 is 10.8 Å². The molecule has 0 amide bonds. The molecule has 0 saturated carbocycles. The molecule has 19 heavy (non-hydrogen) atoms. The SMILES string of the molecule is NC1CC(O)(Cc2ccc(Br)cn2)c2ccccc21. The van der Waals surface area contributed by atoms with Crippen molar-refractivity contribution in [1.29, 1.82) is 0 Å². The lowest BCUT2D eigenvalue weighted by Gasteiger charge is -2.23. The topological polar surface area (TPSA) is 59.1 Å². The molecule has 0 bridgehead atoms. The molecule has 3 N–H and O–H groups in total. The van der Waals surface area contributed by atoms with Crippen LogP contribution in [0.25, 0.3) is 0 Å². The Morgan fingerprint density at radius 1 is 1.32 bits per heavy atom. The molecule has 2 unspecified atom stereocenters. The first-order chi connectivity index (χ1) is 9.08. The molecule has 0 radical (unpaired) electrons. The predicted molar refractivity (Wildman–Crippen MR) is 77.5 cm³/mol. The largest absolute Gasteiger partial charge is 0.385 e. The van der Waals surface area contributed by atoms with E-state index in [4.69, 9.17) is 5.73 Å². The van der Waals surface area contributed by atoms with E-state index in [-0.39, 0.29) is 6.04 Å². The molecule has 1 aliphatic carbocycles. The first-order valence-electron chi connectivity index (χ1n) is 6.26. The molecule has 2 atom stereocenters. The van der Waals surface area contributed by atoms with Crippen LogP contribution in [0.2, 0.25) is 0 Å². The van der Waals surface area contributed by atoms with Crippen molar-refractivity contribution >= 4 is 15.9 Å². The van der Waals surface area contributed by atoms with Gasteiger partial charge in [0.25, 0.3) is 0 Å². The van der Waals surface area contributed by atoms with Crippen LogP contribution in [0, 0.1) is 0 Å². The molecule has 0 fully saturated rings. The average molecular weight is 319 g/mol. The van der Waals surface area contributed by atoms with Gasteiger partial charge in [-0.15, -0.1) is 0 Å². The van der Waals surface area contributed by atoms with Crippen molar-refractivity contribution < 1.29 is 5.11 Å². The van der Waals surface area contributed by atoms with Gasteiger partial charge in [-0.2, -0.15) is 0 Å². The Labute approximate surface area is 120 Å². The summed E-state index contributed by atoms with van der Waals surface area (Å²) in [5, 5.41) is 10.9. The summed E-state index contributed by atoms with van der Waals surface area (Å²) in [6.45, 7) is 0. The number of rotatable bonds is 2. The fraction of sp³-hybridized carbons (Fsp3) is 0.267. The summed E-state index contributed by atoms with van der Waals surface area (Å²) >= 11 is 3.36. The van der Waals surface area contributed by atoms with E-state index in [1.165, 1.54) is 0 Å². The van der Waals surface area contributed by atoms with E-state index in [0.29, 0.717) is 12.8 Å². The minimum absolute atomic E-state index is 0.100. The zero-order valence-electron chi connectivity index (χ0n) is 10.4. The fourth-order valence-corrected chi connectivity index (χ4v) is 3.04. The van der Waals surface area contributed by atoms with E-state index in [9.17, 15) is 5.11 Å². The number of nitrogens with zero attached hydrogens (tertiary/aromatic N) is 1. The number of pyridine rings is 1. The molecule has 3 rings (SSSR count). The summed E-state index contributed by atoms with van der Waals surface area (Å²) < 4.78 is 0.937. The van der Waals surface area contributed by atoms with E-state index in [1.807, 2.05) is 36.4 Å². The standard InChI is InChI=1S/C15H15BrN2O/c16-10-5-6-11(18-9-10)7-15(19)8-14(17)12-3-1-2-4-13(12)15/h1-6,9,14,19H,7-8,17H2. The average Bonchev–Trinajstić information content (AvgIpc) is 2.65. The van der Waals surface area contributed by atoms with Crippen LogP contribution in [-0.4, -0.2) is 10.1 Å². The molecule has 0 aliphatic heterocycles. The van der Waals surface area contributed by atoms with Crippen molar-refractivity contribution in [3.63, 3.8) is 0 Å². The molecule has 4 heteroatoms. The van der Waals surface area contributed by atoms with Gasteiger partial charge in [-0.05, 0) is 45.6 Å². The molecule has 1 heterocycles. The van der Waals surface area contributed by atoms with Crippen molar-refractivity contribution in [1.82, 2.24) is 4.98 Å². The number of fused-ring (bicyclic) bond motifs is 1. The first-order valence-corrected chi connectivity index (χ1v) is 7.06. The van der Waals surface area contributed by atoms with Gasteiger partial charge >= 0.3 is 0 Å². The maximum Gasteiger partial charge on any atom is 0.0973 e. The second-order valence-corrected chi connectivity index (χ2v) is 5.99. The number of benzene rings is 1. The number of hydrogen-bond donors (Lipinski definition) is 2. The van der Waals surface area contributed by atoms with Crippen LogP contribution in [0.3, 0.4) is 0 Å². The fourth-order valence-electron chi connectivity index (χ4n) is 2.81. The van der Waals surface area contributed by atoms with Crippen molar-refractivity contribution in [2.75, 3.05) is 0 Å². The smallest absolute Gasteiger partial charge is 0.0973 e. The molecular weight excluding hydrogens is 304 g/mol. The molecule has 2 aromatic rings. The van der Waals surface area contributed by atoms with Gasteiger partial charge in [-0.1, -0.05) is 24.3 Å². The Balaban J connectivity index is 1.94. The third-order valence-corrected chi connectivity index (χ3v) is 4.15. The van der Waals surface area contributed by atoms with Crippen LogP contribution in [0.15, 0.2) is 47.1 Å². The Hall–Kier alpha value is -1.23. The lowest BCUT2D eigenvalue weighted by Crippen LogP contribution is -2.27. The van der Waals surface area contributed by atoms with Gasteiger partial charge in [0.2, 0.25) is 0 Å². The maximum absolute atomic E-state index is 10.9. The predicted octanol–water partition coefficient (Wildman–Crippen LogP) is 2.68. The maximum atomic E-state index is 10.9. The summed E-state index contributed by atoms with van der Waals surface area (Å²) in [4.78, 5) is 4.34. The zero-order valence-corrected chi connectivity index (χ0v) is 12.0. The van der Waals surface area contributed by atoms with Crippen molar-refractivity contribution in [2.24, 2.45) is 5.73 Å². The van der Waals surface area contributed by atoms with E-state index in [2.05, 4.69) is 20.9 Å². The number of nitrogens with two attached hydrogens (primary N) is 1. The van der Waals surface area contributed by atoms with Crippen molar-refractivity contribution in [2.45, 2.75) is 24.5 Å². The number of halogens is 1. The van der Waals surface area contributed by atoms with E-state index in [1.54, 1.807) is 6.20 Å². The molecular formula is C15H15BrN2O. The highest BCUT2D eigenvalue weighted by molar-refractivity contribution is 9.10. The van der Waals surface area contributed by atoms with Crippen LogP contribution in [-0.2, 0) is 12.0 Å². The summed E-state index contributed by atoms with van der Waals surface area (Å²) in [6.07, 6.45) is 2.79. The van der Waals surface area contributed by atoms with Crippen LogP contribution in [0.5, 0.6) is 0 Å². The quantitative estimate of drug-likeness (QED) is 0.895. The molecule has 0 spiro atoms. The number of hydrogen-bond acceptors (Lipinski definition) is 3. The first kappa shape index (κ1) is 12.8. The van der Waals surface area contributed by atoms with E-state index < -0.39 is 5.60 Å². The number of aromatic nitrogens is 1. The van der Waals surface area contributed by atoms with Gasteiger partial charge in [0.1, 0.15) is 0 Å². The minimum atomic E-state index is -0.906. The summed E-state index contributed by atoms with van der Waals surface area (Å²) in [7, 11) is 0. The van der Waals surface area contributed by atoms with Crippen molar-refractivity contribution in [3.8, 4) is 0 Å². The van der Waals surface area contributed by atoms with Crippen molar-refractivity contribution in [3.05, 3.63) is 63.9 Å². The van der Waals surface area contributed by atoms with E-state index >= 15 is 0 Å². The molecule has 1 aliphatic rings.